The number of halogens is 1. The molecule has 0 fully saturated rings. The van der Waals surface area contributed by atoms with E-state index in [9.17, 15) is 9.18 Å². The SMILES string of the molecule is Nc1cccc(OCCCn2cc(F)ccc2=O)c1. The number of nitrogens with zero attached hydrogens (tertiary/aromatic N) is 1. The van der Waals surface area contributed by atoms with Crippen LogP contribution in [-0.4, -0.2) is 11.2 Å². The fourth-order valence-corrected chi connectivity index (χ4v) is 1.71. The van der Waals surface area contributed by atoms with E-state index >= 15 is 0 Å². The molecule has 0 saturated heterocycles. The van der Waals surface area contributed by atoms with Crippen molar-refractivity contribution >= 4 is 5.69 Å². The zero-order valence-corrected chi connectivity index (χ0v) is 10.4. The van der Waals surface area contributed by atoms with E-state index in [1.54, 1.807) is 12.1 Å². The van der Waals surface area contributed by atoms with Gasteiger partial charge in [0.25, 0.3) is 5.56 Å². The Morgan fingerprint density at radius 1 is 1.26 bits per heavy atom. The van der Waals surface area contributed by atoms with Crippen molar-refractivity contribution in [2.45, 2.75) is 13.0 Å². The van der Waals surface area contributed by atoms with Gasteiger partial charge in [0.2, 0.25) is 0 Å². The quantitative estimate of drug-likeness (QED) is 0.662. The van der Waals surface area contributed by atoms with E-state index in [1.807, 2.05) is 12.1 Å². The molecule has 19 heavy (non-hydrogen) atoms. The number of pyridine rings is 1. The van der Waals surface area contributed by atoms with Crippen LogP contribution in [-0.2, 0) is 6.54 Å². The first kappa shape index (κ1) is 13.1. The Bertz CT molecular complexity index is 610. The maximum atomic E-state index is 13.0. The van der Waals surface area contributed by atoms with Crippen molar-refractivity contribution in [2.24, 2.45) is 0 Å². The lowest BCUT2D eigenvalue weighted by molar-refractivity contribution is 0.300. The fourth-order valence-electron chi connectivity index (χ4n) is 1.71. The molecule has 1 heterocycles. The summed E-state index contributed by atoms with van der Waals surface area (Å²) in [5.74, 6) is 0.267. The van der Waals surface area contributed by atoms with Crippen LogP contribution in [0.25, 0.3) is 0 Å². The van der Waals surface area contributed by atoms with E-state index in [0.717, 1.165) is 6.07 Å². The zero-order valence-electron chi connectivity index (χ0n) is 10.4. The van der Waals surface area contributed by atoms with Crippen LogP contribution in [0.2, 0.25) is 0 Å². The number of hydrogen-bond donors (Lipinski definition) is 1. The highest BCUT2D eigenvalue weighted by Gasteiger charge is 1.99. The fraction of sp³-hybridized carbons (Fsp3) is 0.214. The van der Waals surface area contributed by atoms with Crippen LogP contribution < -0.4 is 16.0 Å². The minimum atomic E-state index is -0.420. The van der Waals surface area contributed by atoms with Crippen molar-refractivity contribution in [3.63, 3.8) is 0 Å². The largest absolute Gasteiger partial charge is 0.493 e. The molecule has 0 spiro atoms. The molecule has 0 aliphatic carbocycles. The van der Waals surface area contributed by atoms with Crippen LogP contribution in [0.1, 0.15) is 6.42 Å². The van der Waals surface area contributed by atoms with Gasteiger partial charge in [0, 0.05) is 30.6 Å². The summed E-state index contributed by atoms with van der Waals surface area (Å²) in [6.07, 6.45) is 1.81. The molecule has 1 aromatic carbocycles. The number of aromatic nitrogens is 1. The van der Waals surface area contributed by atoms with Crippen LogP contribution in [0, 0.1) is 5.82 Å². The third-order valence-corrected chi connectivity index (χ3v) is 2.62. The van der Waals surface area contributed by atoms with Crippen molar-refractivity contribution in [2.75, 3.05) is 12.3 Å². The number of aryl methyl sites for hydroxylation is 1. The number of benzene rings is 1. The number of rotatable bonds is 5. The Labute approximate surface area is 110 Å². The van der Waals surface area contributed by atoms with Gasteiger partial charge in [-0.3, -0.25) is 4.79 Å². The Balaban J connectivity index is 1.84. The Morgan fingerprint density at radius 3 is 2.89 bits per heavy atom. The van der Waals surface area contributed by atoms with Crippen molar-refractivity contribution in [3.05, 3.63) is 58.8 Å². The highest BCUT2D eigenvalue weighted by Crippen LogP contribution is 2.14. The zero-order chi connectivity index (χ0) is 13.7. The second-order valence-corrected chi connectivity index (χ2v) is 4.15. The molecule has 0 atom stereocenters. The van der Waals surface area contributed by atoms with E-state index in [-0.39, 0.29) is 5.56 Å². The standard InChI is InChI=1S/C14H15FN2O2/c15-11-5-6-14(18)17(10-11)7-2-8-19-13-4-1-3-12(16)9-13/h1,3-6,9-10H,2,7-8,16H2. The third-order valence-electron chi connectivity index (χ3n) is 2.62. The highest BCUT2D eigenvalue weighted by atomic mass is 19.1. The first-order chi connectivity index (χ1) is 9.15. The summed E-state index contributed by atoms with van der Waals surface area (Å²) in [4.78, 5) is 11.4. The molecule has 0 unspecified atom stereocenters. The number of nitrogens with two attached hydrogens (primary N) is 1. The van der Waals surface area contributed by atoms with Gasteiger partial charge in [-0.2, -0.15) is 0 Å². The predicted molar refractivity (Wildman–Crippen MR) is 71.6 cm³/mol. The first-order valence-electron chi connectivity index (χ1n) is 5.99. The normalized spacial score (nSPS) is 10.4. The van der Waals surface area contributed by atoms with E-state index in [0.29, 0.717) is 31.0 Å². The molecule has 0 saturated carbocycles. The smallest absolute Gasteiger partial charge is 0.250 e. The van der Waals surface area contributed by atoms with Crippen molar-refractivity contribution in [3.8, 4) is 5.75 Å². The van der Waals surface area contributed by atoms with Crippen LogP contribution in [0.15, 0.2) is 47.4 Å². The summed E-state index contributed by atoms with van der Waals surface area (Å²) < 4.78 is 19.8. The average Bonchev–Trinajstić information content (AvgIpc) is 2.39. The molecule has 0 bridgehead atoms. The Kier molecular flexibility index (Phi) is 4.18. The molecule has 4 nitrogen and oxygen atoms in total. The average molecular weight is 262 g/mol. The van der Waals surface area contributed by atoms with Gasteiger partial charge in [0.15, 0.2) is 0 Å². The summed E-state index contributed by atoms with van der Waals surface area (Å²) in [7, 11) is 0. The highest BCUT2D eigenvalue weighted by molar-refractivity contribution is 5.43. The van der Waals surface area contributed by atoms with Gasteiger partial charge in [0.1, 0.15) is 11.6 Å². The van der Waals surface area contributed by atoms with Gasteiger partial charge in [-0.1, -0.05) is 6.07 Å². The molecule has 100 valence electrons. The van der Waals surface area contributed by atoms with Crippen molar-refractivity contribution in [1.82, 2.24) is 4.57 Å². The van der Waals surface area contributed by atoms with Crippen LogP contribution in [0.4, 0.5) is 10.1 Å². The monoisotopic (exact) mass is 262 g/mol. The number of nitrogen functional groups attached to an aromatic ring is 1. The predicted octanol–water partition coefficient (Wildman–Crippen LogP) is 2.04. The lowest BCUT2D eigenvalue weighted by Gasteiger charge is -2.08. The van der Waals surface area contributed by atoms with Gasteiger partial charge in [0.05, 0.1) is 6.61 Å². The van der Waals surface area contributed by atoms with Crippen LogP contribution in [0.5, 0.6) is 5.75 Å². The molecular weight excluding hydrogens is 247 g/mol. The lowest BCUT2D eigenvalue weighted by Crippen LogP contribution is -2.20. The van der Waals surface area contributed by atoms with Gasteiger partial charge in [-0.05, 0) is 24.6 Å². The van der Waals surface area contributed by atoms with Crippen molar-refractivity contribution in [1.29, 1.82) is 0 Å². The van der Waals surface area contributed by atoms with Crippen molar-refractivity contribution < 1.29 is 9.13 Å². The summed E-state index contributed by atoms with van der Waals surface area (Å²) in [5, 5.41) is 0. The maximum Gasteiger partial charge on any atom is 0.250 e. The molecule has 0 aliphatic rings. The van der Waals surface area contributed by atoms with Crippen LogP contribution >= 0.6 is 0 Å². The first-order valence-corrected chi connectivity index (χ1v) is 5.99. The molecular formula is C14H15FN2O2. The summed E-state index contributed by atoms with van der Waals surface area (Å²) in [6, 6.07) is 9.50. The molecule has 0 aliphatic heterocycles. The second kappa shape index (κ2) is 6.04. The number of hydrogen-bond acceptors (Lipinski definition) is 3. The maximum absolute atomic E-state index is 13.0. The van der Waals surface area contributed by atoms with E-state index in [4.69, 9.17) is 10.5 Å². The minimum Gasteiger partial charge on any atom is -0.493 e. The molecule has 5 heteroatoms. The molecule has 2 rings (SSSR count). The van der Waals surface area contributed by atoms with E-state index in [2.05, 4.69) is 0 Å². The summed E-state index contributed by atoms with van der Waals surface area (Å²) in [5.41, 5.74) is 6.04. The third kappa shape index (κ3) is 3.84. The Hall–Kier alpha value is -2.30. The number of ether oxygens (including phenoxy) is 1. The van der Waals surface area contributed by atoms with Gasteiger partial charge >= 0.3 is 0 Å². The van der Waals surface area contributed by atoms with Gasteiger partial charge in [-0.25, -0.2) is 4.39 Å². The van der Waals surface area contributed by atoms with Crippen LogP contribution in [0.3, 0.4) is 0 Å². The second-order valence-electron chi connectivity index (χ2n) is 4.15. The topological polar surface area (TPSA) is 57.2 Å². The molecule has 2 aromatic rings. The number of anilines is 1. The molecule has 0 radical (unpaired) electrons. The van der Waals surface area contributed by atoms with E-state index < -0.39 is 5.82 Å². The van der Waals surface area contributed by atoms with Gasteiger partial charge in [-0.15, -0.1) is 0 Å². The Morgan fingerprint density at radius 2 is 2.11 bits per heavy atom. The molecule has 1 aromatic heterocycles. The van der Waals surface area contributed by atoms with Gasteiger partial charge < -0.3 is 15.0 Å². The summed E-state index contributed by atoms with van der Waals surface area (Å²) in [6.45, 7) is 0.852. The lowest BCUT2D eigenvalue weighted by atomic mass is 10.3. The molecule has 0 amide bonds. The van der Waals surface area contributed by atoms with E-state index in [1.165, 1.54) is 16.8 Å². The summed E-state index contributed by atoms with van der Waals surface area (Å²) >= 11 is 0. The molecule has 2 N–H and O–H groups in total. The minimum absolute atomic E-state index is 0.217.